The molecule has 0 spiro atoms. The molecule has 5 heteroatoms. The quantitative estimate of drug-likeness (QED) is 0.851. The lowest BCUT2D eigenvalue weighted by Gasteiger charge is -2.22. The molecule has 4 nitrogen and oxygen atoms in total. The van der Waals surface area contributed by atoms with Gasteiger partial charge in [-0.3, -0.25) is 0 Å². The van der Waals surface area contributed by atoms with Gasteiger partial charge in [0.05, 0.1) is 22.5 Å². The SMILES string of the molecule is COc1c(Br)ccc2nn(C3CCCCO3)cc12. The summed E-state index contributed by atoms with van der Waals surface area (Å²) in [7, 11) is 1.67. The molecule has 2 heterocycles. The van der Waals surface area contributed by atoms with Gasteiger partial charge in [-0.05, 0) is 47.3 Å². The molecule has 0 saturated carbocycles. The van der Waals surface area contributed by atoms with Gasteiger partial charge >= 0.3 is 0 Å². The largest absolute Gasteiger partial charge is 0.495 e. The van der Waals surface area contributed by atoms with Crippen molar-refractivity contribution in [1.29, 1.82) is 0 Å². The van der Waals surface area contributed by atoms with Crippen molar-refractivity contribution in [2.75, 3.05) is 13.7 Å². The molecule has 1 aromatic heterocycles. The zero-order valence-corrected chi connectivity index (χ0v) is 11.8. The summed E-state index contributed by atoms with van der Waals surface area (Å²) in [5.74, 6) is 0.828. The fraction of sp³-hybridized carbons (Fsp3) is 0.462. The van der Waals surface area contributed by atoms with E-state index in [0.29, 0.717) is 0 Å². The van der Waals surface area contributed by atoms with E-state index < -0.39 is 0 Å². The number of aromatic nitrogens is 2. The highest BCUT2D eigenvalue weighted by molar-refractivity contribution is 9.10. The van der Waals surface area contributed by atoms with Crippen molar-refractivity contribution in [3.05, 3.63) is 22.8 Å². The van der Waals surface area contributed by atoms with Crippen LogP contribution in [0.4, 0.5) is 0 Å². The fourth-order valence-corrected chi connectivity index (χ4v) is 2.86. The van der Waals surface area contributed by atoms with E-state index in [9.17, 15) is 0 Å². The van der Waals surface area contributed by atoms with E-state index in [1.807, 2.05) is 23.0 Å². The minimum Gasteiger partial charge on any atom is -0.495 e. The van der Waals surface area contributed by atoms with Gasteiger partial charge in [-0.1, -0.05) is 0 Å². The Labute approximate surface area is 114 Å². The van der Waals surface area contributed by atoms with Crippen LogP contribution in [0.1, 0.15) is 25.5 Å². The second-order valence-corrected chi connectivity index (χ2v) is 5.30. The Morgan fingerprint density at radius 1 is 1.44 bits per heavy atom. The first kappa shape index (κ1) is 12.0. The van der Waals surface area contributed by atoms with E-state index in [2.05, 4.69) is 21.0 Å². The lowest BCUT2D eigenvalue weighted by molar-refractivity contribution is -0.0390. The van der Waals surface area contributed by atoms with Crippen LogP contribution in [0.25, 0.3) is 10.9 Å². The summed E-state index contributed by atoms with van der Waals surface area (Å²) in [6.07, 6.45) is 5.44. The number of hydrogen-bond donors (Lipinski definition) is 0. The lowest BCUT2D eigenvalue weighted by Crippen LogP contribution is -2.18. The molecule has 0 N–H and O–H groups in total. The third-order valence-corrected chi connectivity index (χ3v) is 3.89. The first-order valence-corrected chi connectivity index (χ1v) is 6.92. The van der Waals surface area contributed by atoms with Crippen LogP contribution < -0.4 is 4.74 Å². The maximum absolute atomic E-state index is 5.75. The average Bonchev–Trinajstić information content (AvgIpc) is 2.84. The molecule has 0 aliphatic carbocycles. The molecule has 3 rings (SSSR count). The summed E-state index contributed by atoms with van der Waals surface area (Å²) in [5, 5.41) is 5.59. The highest BCUT2D eigenvalue weighted by Gasteiger charge is 2.18. The normalized spacial score (nSPS) is 20.2. The zero-order valence-electron chi connectivity index (χ0n) is 10.2. The predicted molar refractivity (Wildman–Crippen MR) is 72.8 cm³/mol. The van der Waals surface area contributed by atoms with E-state index in [1.54, 1.807) is 7.11 Å². The number of benzene rings is 1. The van der Waals surface area contributed by atoms with Gasteiger partial charge in [-0.2, -0.15) is 5.10 Å². The molecule has 1 saturated heterocycles. The number of halogens is 1. The number of hydrogen-bond acceptors (Lipinski definition) is 3. The molecule has 1 unspecified atom stereocenters. The zero-order chi connectivity index (χ0) is 12.5. The van der Waals surface area contributed by atoms with Gasteiger partial charge in [0.2, 0.25) is 0 Å². The van der Waals surface area contributed by atoms with Gasteiger partial charge in [0.1, 0.15) is 12.0 Å². The van der Waals surface area contributed by atoms with Crippen LogP contribution in [0, 0.1) is 0 Å². The van der Waals surface area contributed by atoms with Crippen molar-refractivity contribution < 1.29 is 9.47 Å². The third kappa shape index (κ3) is 2.01. The van der Waals surface area contributed by atoms with E-state index in [1.165, 1.54) is 6.42 Å². The van der Waals surface area contributed by atoms with E-state index in [0.717, 1.165) is 40.6 Å². The van der Waals surface area contributed by atoms with Crippen LogP contribution in [0.15, 0.2) is 22.8 Å². The Kier molecular flexibility index (Phi) is 3.26. The minimum atomic E-state index is 0.0645. The van der Waals surface area contributed by atoms with Crippen molar-refractivity contribution in [1.82, 2.24) is 9.78 Å². The summed E-state index contributed by atoms with van der Waals surface area (Å²) in [4.78, 5) is 0. The van der Waals surface area contributed by atoms with Crippen LogP contribution in [0.3, 0.4) is 0 Å². The van der Waals surface area contributed by atoms with Crippen molar-refractivity contribution >= 4 is 26.8 Å². The van der Waals surface area contributed by atoms with Crippen LogP contribution in [0.2, 0.25) is 0 Å². The molecule has 0 amide bonds. The molecule has 1 aliphatic rings. The second-order valence-electron chi connectivity index (χ2n) is 4.44. The summed E-state index contributed by atoms with van der Waals surface area (Å²) >= 11 is 3.49. The van der Waals surface area contributed by atoms with Gasteiger partial charge in [0, 0.05) is 12.8 Å². The summed E-state index contributed by atoms with van der Waals surface area (Å²) in [6.45, 7) is 0.821. The Morgan fingerprint density at radius 3 is 3.06 bits per heavy atom. The molecule has 1 atom stereocenters. The number of ether oxygens (including phenoxy) is 2. The molecule has 1 aliphatic heterocycles. The molecular formula is C13H15BrN2O2. The van der Waals surface area contributed by atoms with Gasteiger partial charge in [0.25, 0.3) is 0 Å². The smallest absolute Gasteiger partial charge is 0.150 e. The van der Waals surface area contributed by atoms with Gasteiger partial charge in [-0.15, -0.1) is 0 Å². The third-order valence-electron chi connectivity index (χ3n) is 3.26. The average molecular weight is 311 g/mol. The monoisotopic (exact) mass is 310 g/mol. The Balaban J connectivity index is 2.04. The lowest BCUT2D eigenvalue weighted by atomic mass is 10.2. The number of nitrogens with zero attached hydrogens (tertiary/aromatic N) is 2. The first-order valence-electron chi connectivity index (χ1n) is 6.12. The van der Waals surface area contributed by atoms with Crippen molar-refractivity contribution in [2.45, 2.75) is 25.5 Å². The fourth-order valence-electron chi connectivity index (χ4n) is 2.35. The molecule has 1 aromatic carbocycles. The van der Waals surface area contributed by atoms with Crippen LogP contribution in [-0.2, 0) is 4.74 Å². The van der Waals surface area contributed by atoms with E-state index in [-0.39, 0.29) is 6.23 Å². The number of fused-ring (bicyclic) bond motifs is 1. The van der Waals surface area contributed by atoms with Crippen LogP contribution in [-0.4, -0.2) is 23.5 Å². The Morgan fingerprint density at radius 2 is 2.33 bits per heavy atom. The summed E-state index contributed by atoms with van der Waals surface area (Å²) < 4.78 is 14.0. The Bertz CT molecular complexity index is 561. The van der Waals surface area contributed by atoms with Crippen molar-refractivity contribution in [3.8, 4) is 5.75 Å². The molecule has 0 radical (unpaired) electrons. The molecular weight excluding hydrogens is 296 g/mol. The van der Waals surface area contributed by atoms with Gasteiger partial charge in [0.15, 0.2) is 0 Å². The van der Waals surface area contributed by atoms with Crippen molar-refractivity contribution in [2.24, 2.45) is 0 Å². The topological polar surface area (TPSA) is 36.3 Å². The van der Waals surface area contributed by atoms with Gasteiger partial charge < -0.3 is 9.47 Å². The van der Waals surface area contributed by atoms with Crippen LogP contribution >= 0.6 is 15.9 Å². The van der Waals surface area contributed by atoms with Crippen LogP contribution in [0.5, 0.6) is 5.75 Å². The predicted octanol–water partition coefficient (Wildman–Crippen LogP) is 3.51. The Hall–Kier alpha value is -1.07. The minimum absolute atomic E-state index is 0.0645. The summed E-state index contributed by atoms with van der Waals surface area (Å²) in [5.41, 5.74) is 0.934. The molecule has 18 heavy (non-hydrogen) atoms. The van der Waals surface area contributed by atoms with Gasteiger partial charge in [-0.25, -0.2) is 4.68 Å². The molecule has 1 fully saturated rings. The van der Waals surface area contributed by atoms with E-state index >= 15 is 0 Å². The van der Waals surface area contributed by atoms with Crippen molar-refractivity contribution in [3.63, 3.8) is 0 Å². The maximum Gasteiger partial charge on any atom is 0.150 e. The standard InChI is InChI=1S/C13H15BrN2O2/c1-17-13-9-8-16(12-4-2-3-7-18-12)15-11(9)6-5-10(13)14/h5-6,8,12H,2-4,7H2,1H3. The first-order chi connectivity index (χ1) is 8.79. The molecule has 0 bridgehead atoms. The highest BCUT2D eigenvalue weighted by atomic mass is 79.9. The number of rotatable bonds is 2. The molecule has 96 valence electrons. The second kappa shape index (κ2) is 4.90. The maximum atomic E-state index is 5.75. The summed E-state index contributed by atoms with van der Waals surface area (Å²) in [6, 6.07) is 3.95. The van der Waals surface area contributed by atoms with E-state index in [4.69, 9.17) is 9.47 Å². The highest BCUT2D eigenvalue weighted by Crippen LogP contribution is 2.34. The number of methoxy groups -OCH3 is 1. The molecule has 2 aromatic rings.